The molecule has 1 spiro atoms. The van der Waals surface area contributed by atoms with Gasteiger partial charge in [0.15, 0.2) is 11.4 Å². The van der Waals surface area contributed by atoms with Crippen LogP contribution in [0.25, 0.3) is 17.0 Å². The third-order valence-electron chi connectivity index (χ3n) is 5.18. The van der Waals surface area contributed by atoms with Gasteiger partial charge in [0.2, 0.25) is 0 Å². The van der Waals surface area contributed by atoms with Gasteiger partial charge in [-0.3, -0.25) is 9.78 Å². The minimum absolute atomic E-state index is 0.0662. The highest BCUT2D eigenvalue weighted by molar-refractivity contribution is 6.00. The molecule has 138 valence electrons. The molecule has 2 saturated heterocycles. The van der Waals surface area contributed by atoms with Crippen LogP contribution in [0.4, 0.5) is 0 Å². The van der Waals surface area contributed by atoms with Crippen molar-refractivity contribution >= 4 is 11.6 Å². The van der Waals surface area contributed by atoms with Crippen molar-refractivity contribution in [1.82, 2.24) is 24.5 Å². The molecule has 0 unspecified atom stereocenters. The SMILES string of the molecule is O=C(c1cnn2c(-c3ccccn3)ccnc12)N1CCC2(CC1)OCCO2. The number of hydrogen-bond acceptors (Lipinski definition) is 6. The van der Waals surface area contributed by atoms with Crippen LogP contribution in [0.15, 0.2) is 42.9 Å². The lowest BCUT2D eigenvalue weighted by Gasteiger charge is -2.37. The van der Waals surface area contributed by atoms with Gasteiger partial charge in [0.25, 0.3) is 5.91 Å². The number of aromatic nitrogens is 4. The largest absolute Gasteiger partial charge is 0.347 e. The van der Waals surface area contributed by atoms with Crippen LogP contribution < -0.4 is 0 Å². The van der Waals surface area contributed by atoms with Crippen LogP contribution in [-0.2, 0) is 9.47 Å². The second-order valence-corrected chi connectivity index (χ2v) is 6.74. The fraction of sp³-hybridized carbons (Fsp3) is 0.368. The summed E-state index contributed by atoms with van der Waals surface area (Å²) in [5.41, 5.74) is 2.61. The summed E-state index contributed by atoms with van der Waals surface area (Å²) < 4.78 is 13.1. The maximum atomic E-state index is 13.1. The molecule has 8 heteroatoms. The molecule has 8 nitrogen and oxygen atoms in total. The molecule has 0 radical (unpaired) electrons. The van der Waals surface area contributed by atoms with Gasteiger partial charge in [-0.1, -0.05) is 6.07 Å². The second kappa shape index (κ2) is 6.40. The van der Waals surface area contributed by atoms with Crippen molar-refractivity contribution in [3.8, 4) is 11.4 Å². The molecule has 2 fully saturated rings. The van der Waals surface area contributed by atoms with Gasteiger partial charge >= 0.3 is 0 Å². The van der Waals surface area contributed by atoms with Crippen molar-refractivity contribution in [3.05, 3.63) is 48.4 Å². The van der Waals surface area contributed by atoms with E-state index in [2.05, 4.69) is 15.1 Å². The number of ether oxygens (including phenoxy) is 2. The van der Waals surface area contributed by atoms with Gasteiger partial charge < -0.3 is 14.4 Å². The summed E-state index contributed by atoms with van der Waals surface area (Å²) in [6.07, 6.45) is 6.37. The van der Waals surface area contributed by atoms with E-state index in [9.17, 15) is 4.79 Å². The highest BCUT2D eigenvalue weighted by Gasteiger charge is 2.41. The van der Waals surface area contributed by atoms with E-state index in [1.54, 1.807) is 23.1 Å². The van der Waals surface area contributed by atoms with Crippen molar-refractivity contribution in [3.63, 3.8) is 0 Å². The molecule has 3 aromatic heterocycles. The Labute approximate surface area is 155 Å². The van der Waals surface area contributed by atoms with Crippen molar-refractivity contribution in [2.45, 2.75) is 18.6 Å². The van der Waals surface area contributed by atoms with E-state index in [1.807, 2.05) is 29.2 Å². The maximum Gasteiger partial charge on any atom is 0.259 e. The lowest BCUT2D eigenvalue weighted by Crippen LogP contribution is -2.47. The fourth-order valence-electron chi connectivity index (χ4n) is 3.76. The van der Waals surface area contributed by atoms with Gasteiger partial charge in [0, 0.05) is 38.3 Å². The molecule has 0 bridgehead atoms. The number of fused-ring (bicyclic) bond motifs is 1. The van der Waals surface area contributed by atoms with E-state index < -0.39 is 5.79 Å². The van der Waals surface area contributed by atoms with Crippen molar-refractivity contribution in [1.29, 1.82) is 0 Å². The van der Waals surface area contributed by atoms with Gasteiger partial charge in [0.05, 0.1) is 30.8 Å². The van der Waals surface area contributed by atoms with Crippen LogP contribution in [-0.4, -0.2) is 62.5 Å². The van der Waals surface area contributed by atoms with Crippen LogP contribution in [0, 0.1) is 0 Å². The topological polar surface area (TPSA) is 81.9 Å². The Bertz CT molecular complexity index is 971. The van der Waals surface area contributed by atoms with Crippen LogP contribution in [0.2, 0.25) is 0 Å². The molecular weight excluding hydrogens is 346 g/mol. The zero-order valence-electron chi connectivity index (χ0n) is 14.7. The summed E-state index contributed by atoms with van der Waals surface area (Å²) in [6.45, 7) is 2.44. The van der Waals surface area contributed by atoms with E-state index in [4.69, 9.17) is 9.47 Å². The summed E-state index contributed by atoms with van der Waals surface area (Å²) in [4.78, 5) is 23.6. The molecule has 0 N–H and O–H groups in total. The van der Waals surface area contributed by atoms with E-state index in [-0.39, 0.29) is 5.91 Å². The first-order valence-electron chi connectivity index (χ1n) is 9.07. The Morgan fingerprint density at radius 3 is 2.59 bits per heavy atom. The fourth-order valence-corrected chi connectivity index (χ4v) is 3.76. The number of rotatable bonds is 2. The number of carbonyl (C=O) groups excluding carboxylic acids is 1. The summed E-state index contributed by atoms with van der Waals surface area (Å²) in [7, 11) is 0. The first kappa shape index (κ1) is 16.3. The highest BCUT2D eigenvalue weighted by atomic mass is 16.7. The third-order valence-corrected chi connectivity index (χ3v) is 5.18. The van der Waals surface area contributed by atoms with Crippen LogP contribution >= 0.6 is 0 Å². The predicted octanol–water partition coefficient (Wildman–Crippen LogP) is 1.77. The number of amides is 1. The van der Waals surface area contributed by atoms with Gasteiger partial charge in [-0.15, -0.1) is 0 Å². The molecule has 5 rings (SSSR count). The smallest absolute Gasteiger partial charge is 0.259 e. The lowest BCUT2D eigenvalue weighted by atomic mass is 10.0. The van der Waals surface area contributed by atoms with Crippen molar-refractivity contribution < 1.29 is 14.3 Å². The lowest BCUT2D eigenvalue weighted by molar-refractivity contribution is -0.181. The Morgan fingerprint density at radius 2 is 1.85 bits per heavy atom. The summed E-state index contributed by atoms with van der Waals surface area (Å²) in [5, 5.41) is 4.40. The zero-order chi connectivity index (χ0) is 18.3. The minimum Gasteiger partial charge on any atom is -0.347 e. The molecule has 5 heterocycles. The van der Waals surface area contributed by atoms with Gasteiger partial charge in [-0.2, -0.15) is 5.10 Å². The molecule has 27 heavy (non-hydrogen) atoms. The number of likely N-dealkylation sites (tertiary alicyclic amines) is 1. The highest BCUT2D eigenvalue weighted by Crippen LogP contribution is 2.32. The molecule has 0 aliphatic carbocycles. The Kier molecular flexibility index (Phi) is 3.87. The Balaban J connectivity index is 1.43. The molecule has 1 amide bonds. The van der Waals surface area contributed by atoms with Gasteiger partial charge in [-0.05, 0) is 18.2 Å². The number of carbonyl (C=O) groups is 1. The number of nitrogens with zero attached hydrogens (tertiary/aromatic N) is 5. The maximum absolute atomic E-state index is 13.1. The summed E-state index contributed by atoms with van der Waals surface area (Å²) in [6, 6.07) is 7.53. The molecule has 2 aliphatic heterocycles. The molecule has 0 saturated carbocycles. The van der Waals surface area contributed by atoms with Crippen LogP contribution in [0.5, 0.6) is 0 Å². The molecule has 2 aliphatic rings. The summed E-state index contributed by atoms with van der Waals surface area (Å²) >= 11 is 0. The number of pyridine rings is 1. The average Bonchev–Trinajstić information content (AvgIpc) is 3.36. The van der Waals surface area contributed by atoms with Crippen LogP contribution in [0.3, 0.4) is 0 Å². The quantitative estimate of drug-likeness (QED) is 0.688. The Hall–Kier alpha value is -2.84. The second-order valence-electron chi connectivity index (χ2n) is 6.74. The van der Waals surface area contributed by atoms with E-state index in [1.165, 1.54) is 0 Å². The monoisotopic (exact) mass is 365 g/mol. The molecular formula is C19H19N5O3. The van der Waals surface area contributed by atoms with E-state index in [0.29, 0.717) is 50.4 Å². The van der Waals surface area contributed by atoms with Crippen molar-refractivity contribution in [2.24, 2.45) is 0 Å². The minimum atomic E-state index is -0.498. The Morgan fingerprint density at radius 1 is 1.04 bits per heavy atom. The van der Waals surface area contributed by atoms with E-state index in [0.717, 1.165) is 11.4 Å². The third kappa shape index (κ3) is 2.77. The first-order valence-corrected chi connectivity index (χ1v) is 9.07. The zero-order valence-corrected chi connectivity index (χ0v) is 14.7. The predicted molar refractivity (Wildman–Crippen MR) is 96.0 cm³/mol. The molecule has 0 atom stereocenters. The molecule has 3 aromatic rings. The summed E-state index contributed by atoms with van der Waals surface area (Å²) in [5.74, 6) is -0.564. The van der Waals surface area contributed by atoms with Gasteiger partial charge in [0.1, 0.15) is 5.56 Å². The normalized spacial score (nSPS) is 19.0. The van der Waals surface area contributed by atoms with E-state index >= 15 is 0 Å². The van der Waals surface area contributed by atoms with Gasteiger partial charge in [-0.25, -0.2) is 9.50 Å². The standard InChI is InChI=1S/C19H19N5O3/c25-18(23-9-5-19(6-10-23)26-11-12-27-19)14-13-22-24-16(4-8-21-17(14)24)15-3-1-2-7-20-15/h1-4,7-8,13H,5-6,9-12H2. The number of hydrogen-bond donors (Lipinski definition) is 0. The van der Waals surface area contributed by atoms with Crippen LogP contribution in [0.1, 0.15) is 23.2 Å². The first-order chi connectivity index (χ1) is 13.3. The average molecular weight is 365 g/mol. The van der Waals surface area contributed by atoms with Crippen molar-refractivity contribution in [2.75, 3.05) is 26.3 Å². The number of piperidine rings is 1. The molecule has 0 aromatic carbocycles.